The average Bonchev–Trinajstić information content (AvgIpc) is 3.15. The monoisotopic (exact) mass is 385 g/mol. The van der Waals surface area contributed by atoms with Gasteiger partial charge in [-0.15, -0.1) is 10.2 Å². The first kappa shape index (κ1) is 18.9. The predicted molar refractivity (Wildman–Crippen MR) is 103 cm³/mol. The number of nitrogens with one attached hydrogen (secondary N) is 1. The van der Waals surface area contributed by atoms with Crippen molar-refractivity contribution in [3.05, 3.63) is 65.5 Å². The van der Waals surface area contributed by atoms with Crippen LogP contribution in [0.3, 0.4) is 0 Å². The van der Waals surface area contributed by atoms with Gasteiger partial charge in [-0.3, -0.25) is 4.79 Å². The summed E-state index contributed by atoms with van der Waals surface area (Å²) < 4.78 is 11.2. The first-order chi connectivity index (χ1) is 13.2. The lowest BCUT2D eigenvalue weighted by molar-refractivity contribution is -0.121. The number of hydrogen-bond donors (Lipinski definition) is 1. The molecule has 0 aliphatic carbocycles. The molecule has 0 saturated carbocycles. The molecule has 0 atom stereocenters. The highest BCUT2D eigenvalue weighted by atomic mass is 35.5. The minimum atomic E-state index is -0.0240. The Morgan fingerprint density at radius 3 is 2.63 bits per heavy atom. The molecular formula is C20H20ClN3O3. The Kier molecular flexibility index (Phi) is 6.82. The summed E-state index contributed by atoms with van der Waals surface area (Å²) in [7, 11) is 0. The fourth-order valence-corrected chi connectivity index (χ4v) is 2.53. The quantitative estimate of drug-likeness (QED) is 0.565. The van der Waals surface area contributed by atoms with Crippen LogP contribution < -0.4 is 10.1 Å². The fourth-order valence-electron chi connectivity index (χ4n) is 2.40. The molecule has 7 heteroatoms. The third kappa shape index (κ3) is 6.11. The molecule has 0 radical (unpaired) electrons. The van der Waals surface area contributed by atoms with Crippen LogP contribution in [0.4, 0.5) is 0 Å². The van der Waals surface area contributed by atoms with Gasteiger partial charge in [0.05, 0.1) is 6.61 Å². The van der Waals surface area contributed by atoms with Gasteiger partial charge in [0.25, 0.3) is 0 Å². The van der Waals surface area contributed by atoms with Crippen LogP contribution in [0.5, 0.6) is 5.75 Å². The van der Waals surface area contributed by atoms with Crippen LogP contribution in [0.15, 0.2) is 59.0 Å². The van der Waals surface area contributed by atoms with Gasteiger partial charge >= 0.3 is 0 Å². The molecule has 6 nitrogen and oxygen atoms in total. The fraction of sp³-hybridized carbons (Fsp3) is 0.250. The Bertz CT molecular complexity index is 850. The van der Waals surface area contributed by atoms with Crippen molar-refractivity contribution in [1.82, 2.24) is 15.5 Å². The number of nitrogens with zero attached hydrogens (tertiary/aromatic N) is 2. The molecule has 0 aliphatic heterocycles. The van der Waals surface area contributed by atoms with Crippen LogP contribution in [-0.4, -0.2) is 29.3 Å². The Labute approximate surface area is 162 Å². The van der Waals surface area contributed by atoms with E-state index in [9.17, 15) is 4.79 Å². The van der Waals surface area contributed by atoms with Crippen LogP contribution in [0.25, 0.3) is 11.5 Å². The van der Waals surface area contributed by atoms with E-state index in [1.807, 2.05) is 42.5 Å². The highest BCUT2D eigenvalue weighted by molar-refractivity contribution is 6.30. The van der Waals surface area contributed by atoms with Crippen LogP contribution in [0.1, 0.15) is 18.7 Å². The molecule has 0 fully saturated rings. The van der Waals surface area contributed by atoms with Crippen molar-refractivity contribution in [3.8, 4) is 17.2 Å². The second kappa shape index (κ2) is 9.73. The van der Waals surface area contributed by atoms with E-state index in [0.29, 0.717) is 49.2 Å². The van der Waals surface area contributed by atoms with E-state index in [-0.39, 0.29) is 5.91 Å². The maximum absolute atomic E-state index is 11.9. The summed E-state index contributed by atoms with van der Waals surface area (Å²) in [6, 6.07) is 16.7. The molecule has 2 aromatic carbocycles. The van der Waals surface area contributed by atoms with E-state index in [4.69, 9.17) is 20.8 Å². The average molecular weight is 386 g/mol. The summed E-state index contributed by atoms with van der Waals surface area (Å²) in [5.41, 5.74) is 0.806. The summed E-state index contributed by atoms with van der Waals surface area (Å²) in [6.45, 7) is 0.951. The maximum atomic E-state index is 11.9. The molecule has 0 aliphatic rings. The van der Waals surface area contributed by atoms with Crippen molar-refractivity contribution < 1.29 is 13.9 Å². The second-order valence-corrected chi connectivity index (χ2v) is 6.31. The first-order valence-corrected chi connectivity index (χ1v) is 9.11. The SMILES string of the molecule is O=C(CCCOc1ccccc1)NCCc1nnc(-c2ccc(Cl)cc2)o1. The predicted octanol–water partition coefficient (Wildman–Crippen LogP) is 3.91. The summed E-state index contributed by atoms with van der Waals surface area (Å²) in [6.07, 6.45) is 1.54. The minimum absolute atomic E-state index is 0.0240. The van der Waals surface area contributed by atoms with E-state index >= 15 is 0 Å². The van der Waals surface area contributed by atoms with Crippen LogP contribution in [-0.2, 0) is 11.2 Å². The molecule has 1 heterocycles. The molecule has 1 amide bonds. The Morgan fingerprint density at radius 2 is 1.85 bits per heavy atom. The lowest BCUT2D eigenvalue weighted by Gasteiger charge is -2.06. The zero-order valence-electron chi connectivity index (χ0n) is 14.7. The van der Waals surface area contributed by atoms with Crippen LogP contribution in [0.2, 0.25) is 5.02 Å². The van der Waals surface area contributed by atoms with Crippen molar-refractivity contribution >= 4 is 17.5 Å². The number of carbonyl (C=O) groups is 1. The smallest absolute Gasteiger partial charge is 0.247 e. The number of amides is 1. The Hall–Kier alpha value is -2.86. The van der Waals surface area contributed by atoms with Gasteiger partial charge in [-0.1, -0.05) is 29.8 Å². The number of para-hydroxylation sites is 1. The van der Waals surface area contributed by atoms with Crippen molar-refractivity contribution in [1.29, 1.82) is 0 Å². The van der Waals surface area contributed by atoms with Crippen molar-refractivity contribution in [2.24, 2.45) is 0 Å². The normalized spacial score (nSPS) is 10.6. The standard InChI is InChI=1S/C20H20ClN3O3/c21-16-10-8-15(9-11-16)20-24-23-19(27-20)12-13-22-18(25)7-4-14-26-17-5-2-1-3-6-17/h1-3,5-6,8-11H,4,7,12-14H2,(H,22,25). The summed E-state index contributed by atoms with van der Waals surface area (Å²) in [5.74, 6) is 1.70. The summed E-state index contributed by atoms with van der Waals surface area (Å²) >= 11 is 5.86. The highest BCUT2D eigenvalue weighted by Crippen LogP contribution is 2.20. The maximum Gasteiger partial charge on any atom is 0.247 e. The number of aromatic nitrogens is 2. The van der Waals surface area contributed by atoms with Crippen molar-refractivity contribution in [2.45, 2.75) is 19.3 Å². The molecule has 140 valence electrons. The summed E-state index contributed by atoms with van der Waals surface area (Å²) in [5, 5.41) is 11.5. The first-order valence-electron chi connectivity index (χ1n) is 8.73. The number of halogens is 1. The van der Waals surface area contributed by atoms with Gasteiger partial charge in [0.1, 0.15) is 5.75 Å². The van der Waals surface area contributed by atoms with Gasteiger partial charge in [-0.2, -0.15) is 0 Å². The third-order valence-electron chi connectivity index (χ3n) is 3.78. The van der Waals surface area contributed by atoms with Crippen LogP contribution in [0, 0.1) is 0 Å². The zero-order chi connectivity index (χ0) is 18.9. The molecule has 0 saturated heterocycles. The molecule has 0 unspecified atom stereocenters. The minimum Gasteiger partial charge on any atom is -0.494 e. The van der Waals surface area contributed by atoms with Gasteiger partial charge in [-0.25, -0.2) is 0 Å². The highest BCUT2D eigenvalue weighted by Gasteiger charge is 2.09. The summed E-state index contributed by atoms with van der Waals surface area (Å²) in [4.78, 5) is 11.9. The molecule has 1 aromatic heterocycles. The van der Waals surface area contributed by atoms with Gasteiger partial charge in [0.15, 0.2) is 0 Å². The number of ether oxygens (including phenoxy) is 1. The second-order valence-electron chi connectivity index (χ2n) is 5.87. The molecule has 3 rings (SSSR count). The van der Waals surface area contributed by atoms with E-state index in [0.717, 1.165) is 11.3 Å². The number of hydrogen-bond acceptors (Lipinski definition) is 5. The molecule has 27 heavy (non-hydrogen) atoms. The van der Waals surface area contributed by atoms with E-state index in [2.05, 4.69) is 15.5 Å². The van der Waals surface area contributed by atoms with Crippen LogP contribution >= 0.6 is 11.6 Å². The van der Waals surface area contributed by atoms with Crippen molar-refractivity contribution in [3.63, 3.8) is 0 Å². The Balaban J connectivity index is 1.33. The van der Waals surface area contributed by atoms with E-state index in [1.54, 1.807) is 12.1 Å². The number of rotatable bonds is 9. The molecule has 1 N–H and O–H groups in total. The van der Waals surface area contributed by atoms with Gasteiger partial charge in [0.2, 0.25) is 17.7 Å². The van der Waals surface area contributed by atoms with E-state index in [1.165, 1.54) is 0 Å². The molecular weight excluding hydrogens is 366 g/mol. The Morgan fingerprint density at radius 1 is 1.07 bits per heavy atom. The largest absolute Gasteiger partial charge is 0.494 e. The van der Waals surface area contributed by atoms with Crippen molar-refractivity contribution in [2.75, 3.05) is 13.2 Å². The van der Waals surface area contributed by atoms with Gasteiger partial charge in [-0.05, 0) is 42.8 Å². The van der Waals surface area contributed by atoms with Gasteiger partial charge in [0, 0.05) is 30.0 Å². The van der Waals surface area contributed by atoms with E-state index < -0.39 is 0 Å². The molecule has 0 spiro atoms. The van der Waals surface area contributed by atoms with Gasteiger partial charge < -0.3 is 14.5 Å². The number of benzene rings is 2. The molecule has 0 bridgehead atoms. The lowest BCUT2D eigenvalue weighted by atomic mass is 10.2. The zero-order valence-corrected chi connectivity index (χ0v) is 15.5. The number of carbonyl (C=O) groups excluding carboxylic acids is 1. The molecule has 3 aromatic rings. The third-order valence-corrected chi connectivity index (χ3v) is 4.03. The topological polar surface area (TPSA) is 77.2 Å². The lowest BCUT2D eigenvalue weighted by Crippen LogP contribution is -2.25.